The van der Waals surface area contributed by atoms with Crippen LogP contribution in [0.4, 0.5) is 4.79 Å². The second kappa shape index (κ2) is 15.7. The van der Waals surface area contributed by atoms with E-state index in [4.69, 9.17) is 15.0 Å². The summed E-state index contributed by atoms with van der Waals surface area (Å²) in [4.78, 5) is 8.44. The Morgan fingerprint density at radius 1 is 1.57 bits per heavy atom. The van der Waals surface area contributed by atoms with Gasteiger partial charge in [0, 0.05) is 0 Å². The molecule has 0 unspecified atom stereocenters. The number of hydrogen-bond donors (Lipinski definition) is 1. The average Bonchev–Trinajstić information content (AvgIpc) is 0.811. The molecule has 0 aromatic carbocycles. The van der Waals surface area contributed by atoms with E-state index in [0.29, 0.717) is 0 Å². The van der Waals surface area contributed by atoms with Crippen molar-refractivity contribution in [3.05, 3.63) is 0 Å². The van der Waals surface area contributed by atoms with Crippen LogP contribution in [-0.2, 0) is 0 Å². The van der Waals surface area contributed by atoms with Crippen molar-refractivity contribution in [3.8, 4) is 0 Å². The van der Waals surface area contributed by atoms with Crippen molar-refractivity contribution in [2.75, 3.05) is 0 Å². The number of carboxylic acid groups (broad SMARTS) is 2. The minimum atomic E-state index is -2.08. The second-order valence-corrected chi connectivity index (χ2v) is 0.266. The first-order chi connectivity index (χ1) is 1.73. The third kappa shape index (κ3) is 104. The largest absolute Gasteiger partial charge is 2.00 e. The SMILES string of the molecule is O=C([O-])O.[Ca+2].[F-].[Na+]. The van der Waals surface area contributed by atoms with E-state index in [9.17, 15) is 0 Å². The second-order valence-electron chi connectivity index (χ2n) is 0.266. The summed E-state index contributed by atoms with van der Waals surface area (Å²) in [6.45, 7) is 0. The van der Waals surface area contributed by atoms with Gasteiger partial charge in [-0.05, 0) is 0 Å². The fraction of sp³-hybridized carbons (Fsp3) is 0. The molecule has 0 aromatic rings. The normalized spacial score (nSPS) is 3.43. The molecule has 0 atom stereocenters. The van der Waals surface area contributed by atoms with Gasteiger partial charge < -0.3 is 19.7 Å². The summed E-state index contributed by atoms with van der Waals surface area (Å²) in [5, 5.41) is 15.3. The molecule has 0 heterocycles. The van der Waals surface area contributed by atoms with Crippen LogP contribution in [0.5, 0.6) is 0 Å². The fourth-order valence-corrected chi connectivity index (χ4v) is 0. The van der Waals surface area contributed by atoms with Gasteiger partial charge in [-0.15, -0.1) is 0 Å². The molecule has 0 radical (unpaired) electrons. The average molecular weight is 143 g/mol. The molecule has 3 nitrogen and oxygen atoms in total. The van der Waals surface area contributed by atoms with Crippen LogP contribution in [-0.4, -0.2) is 49.0 Å². The molecule has 0 aliphatic carbocycles. The Balaban J connectivity index is -0.0000000150. The third-order valence-electron chi connectivity index (χ3n) is 0. The van der Waals surface area contributed by atoms with Crippen molar-refractivity contribution in [1.29, 1.82) is 0 Å². The standard InChI is InChI=1S/CH2O3.Ca.FH.Na/c2-1(3)4;;;/h(H2,2,3,4);;1H;/q;+2;;+1/p-2. The van der Waals surface area contributed by atoms with E-state index >= 15 is 0 Å². The zero-order valence-corrected chi connectivity index (χ0v) is 8.06. The van der Waals surface area contributed by atoms with Crippen molar-refractivity contribution in [2.45, 2.75) is 0 Å². The van der Waals surface area contributed by atoms with Crippen LogP contribution < -0.4 is 39.4 Å². The summed E-state index contributed by atoms with van der Waals surface area (Å²) in [6, 6.07) is 0. The van der Waals surface area contributed by atoms with Crippen LogP contribution in [0.25, 0.3) is 0 Å². The van der Waals surface area contributed by atoms with Crippen molar-refractivity contribution in [1.82, 2.24) is 0 Å². The molecule has 0 bridgehead atoms. The molecule has 0 aliphatic heterocycles. The van der Waals surface area contributed by atoms with Gasteiger partial charge in [-0.2, -0.15) is 0 Å². The van der Waals surface area contributed by atoms with Gasteiger partial charge in [0.15, 0.2) is 0 Å². The van der Waals surface area contributed by atoms with Crippen molar-refractivity contribution in [3.63, 3.8) is 0 Å². The maximum Gasteiger partial charge on any atom is 2.00 e. The molecule has 0 spiro atoms. The van der Waals surface area contributed by atoms with Gasteiger partial charge in [-0.3, -0.25) is 0 Å². The summed E-state index contributed by atoms with van der Waals surface area (Å²) in [6.07, 6.45) is -2.08. The van der Waals surface area contributed by atoms with Gasteiger partial charge in [0.1, 0.15) is 0 Å². The van der Waals surface area contributed by atoms with E-state index in [0.717, 1.165) is 0 Å². The fourth-order valence-electron chi connectivity index (χ4n) is 0. The van der Waals surface area contributed by atoms with Crippen LogP contribution in [0.1, 0.15) is 0 Å². The molecule has 32 valence electrons. The van der Waals surface area contributed by atoms with E-state index in [1.807, 2.05) is 0 Å². The van der Waals surface area contributed by atoms with Crippen LogP contribution >= 0.6 is 0 Å². The molecule has 0 fully saturated rings. The maximum absolute atomic E-state index is 8.44. The zero-order chi connectivity index (χ0) is 3.58. The Hall–Kier alpha value is 1.46. The molecular weight excluding hydrogens is 142 g/mol. The summed E-state index contributed by atoms with van der Waals surface area (Å²) in [5.41, 5.74) is 0. The van der Waals surface area contributed by atoms with Gasteiger partial charge in [-0.25, -0.2) is 0 Å². The van der Waals surface area contributed by atoms with E-state index in [1.165, 1.54) is 0 Å². The minimum absolute atomic E-state index is 0. The summed E-state index contributed by atoms with van der Waals surface area (Å²) in [7, 11) is 0. The summed E-state index contributed by atoms with van der Waals surface area (Å²) >= 11 is 0. The Morgan fingerprint density at radius 3 is 1.57 bits per heavy atom. The van der Waals surface area contributed by atoms with Gasteiger partial charge in [0.25, 0.3) is 0 Å². The van der Waals surface area contributed by atoms with Gasteiger partial charge in [0.05, 0.1) is 0 Å². The van der Waals surface area contributed by atoms with Crippen LogP contribution in [0.15, 0.2) is 0 Å². The smallest absolute Gasteiger partial charge is 1.00 e. The van der Waals surface area contributed by atoms with E-state index in [1.54, 1.807) is 0 Å². The first-order valence-electron chi connectivity index (χ1n) is 0.632. The molecule has 0 aliphatic rings. The number of hydrogen-bond acceptors (Lipinski definition) is 2. The van der Waals surface area contributed by atoms with Crippen LogP contribution in [0, 0.1) is 0 Å². The molecule has 0 saturated carbocycles. The molecule has 6 heteroatoms. The predicted molar refractivity (Wildman–Crippen MR) is 13.8 cm³/mol. The minimum Gasteiger partial charge on any atom is -1.00 e. The number of rotatable bonds is 0. The Morgan fingerprint density at radius 2 is 1.57 bits per heavy atom. The zero-order valence-electron chi connectivity index (χ0n) is 3.85. The quantitative estimate of drug-likeness (QED) is 0.343. The van der Waals surface area contributed by atoms with Crippen molar-refractivity contribution >= 4 is 43.9 Å². The molecular formula is CHCaFNaO3+. The molecule has 7 heavy (non-hydrogen) atoms. The first-order valence-corrected chi connectivity index (χ1v) is 0.632. The number of carbonyl (C=O) groups is 1. The van der Waals surface area contributed by atoms with Gasteiger partial charge >= 0.3 is 67.3 Å². The Bertz CT molecular complexity index is 37.9. The van der Waals surface area contributed by atoms with E-state index < -0.39 is 6.16 Å². The molecule has 0 saturated heterocycles. The van der Waals surface area contributed by atoms with Gasteiger partial charge in [-0.1, -0.05) is 0 Å². The molecule has 0 amide bonds. The third-order valence-corrected chi connectivity index (χ3v) is 0. The molecule has 0 aromatic heterocycles. The number of halogens is 1. The van der Waals surface area contributed by atoms with Crippen LogP contribution in [0.3, 0.4) is 0 Å². The van der Waals surface area contributed by atoms with E-state index in [-0.39, 0.29) is 72.0 Å². The monoisotopic (exact) mass is 143 g/mol. The summed E-state index contributed by atoms with van der Waals surface area (Å²) in [5.74, 6) is 0. The van der Waals surface area contributed by atoms with Gasteiger partial charge in [0.2, 0.25) is 6.16 Å². The molecule has 1 N–H and O–H groups in total. The summed E-state index contributed by atoms with van der Waals surface area (Å²) < 4.78 is 0. The topological polar surface area (TPSA) is 60.4 Å². The first kappa shape index (κ1) is 23.7. The van der Waals surface area contributed by atoms with Crippen molar-refractivity contribution < 1.29 is 49.3 Å². The maximum atomic E-state index is 8.44. The van der Waals surface area contributed by atoms with E-state index in [2.05, 4.69) is 0 Å². The van der Waals surface area contributed by atoms with Crippen LogP contribution in [0.2, 0.25) is 0 Å². The van der Waals surface area contributed by atoms with Crippen molar-refractivity contribution in [2.24, 2.45) is 0 Å². The Kier molecular flexibility index (Phi) is 52.9. The Labute approximate surface area is 91.7 Å². The molecule has 0 rings (SSSR count). The predicted octanol–water partition coefficient (Wildman–Crippen LogP) is -7.49.